The predicted molar refractivity (Wildman–Crippen MR) is 130 cm³/mol. The van der Waals surface area contributed by atoms with Gasteiger partial charge in [-0.3, -0.25) is 4.79 Å². The van der Waals surface area contributed by atoms with Crippen molar-refractivity contribution in [2.24, 2.45) is 7.05 Å². The van der Waals surface area contributed by atoms with Crippen LogP contribution in [0, 0.1) is 12.7 Å². The predicted octanol–water partition coefficient (Wildman–Crippen LogP) is 4.61. The number of imidazole rings is 2. The molecule has 1 unspecified atom stereocenters. The van der Waals surface area contributed by atoms with Crippen molar-refractivity contribution >= 4 is 11.6 Å². The molecule has 7 nitrogen and oxygen atoms in total. The van der Waals surface area contributed by atoms with E-state index in [1.54, 1.807) is 53.4 Å². The first kappa shape index (κ1) is 22.3. The third-order valence-corrected chi connectivity index (χ3v) is 5.71. The molecule has 1 atom stereocenters. The summed E-state index contributed by atoms with van der Waals surface area (Å²) in [7, 11) is 1.83. The number of aryl methyl sites for hydroxylation is 2. The average Bonchev–Trinajstić information content (AvgIpc) is 3.46. The number of benzene rings is 2. The molecule has 1 amide bonds. The normalized spacial score (nSPS) is 12.0. The van der Waals surface area contributed by atoms with Gasteiger partial charge in [0.1, 0.15) is 35.7 Å². The van der Waals surface area contributed by atoms with Crippen LogP contribution in [0.4, 0.5) is 4.39 Å². The highest BCUT2D eigenvalue weighted by molar-refractivity contribution is 5.95. The molecule has 5 aromatic rings. The summed E-state index contributed by atoms with van der Waals surface area (Å²) >= 11 is 0. The summed E-state index contributed by atoms with van der Waals surface area (Å²) in [6, 6.07) is 16.4. The number of pyridine rings is 1. The van der Waals surface area contributed by atoms with Crippen LogP contribution in [0.2, 0.25) is 0 Å². The number of halogens is 1. The lowest BCUT2D eigenvalue weighted by molar-refractivity contribution is 0.0940. The molecule has 1 N–H and O–H groups in total. The standard InChI is InChI=1S/C27H24FN5O2/c1-18-9-10-24-30-22(16-33(24)15-18)17-35-23-8-4-6-20(14-23)27(34)31-25(26-29-11-12-32(26)2)19-5-3-7-21(28)13-19/h3-16,25H,17H2,1-2H3,(H,31,34). The zero-order valence-electron chi connectivity index (χ0n) is 19.4. The third kappa shape index (κ3) is 4.91. The van der Waals surface area contributed by atoms with Crippen molar-refractivity contribution in [2.75, 3.05) is 0 Å². The van der Waals surface area contributed by atoms with Crippen molar-refractivity contribution in [2.45, 2.75) is 19.6 Å². The minimum Gasteiger partial charge on any atom is -0.487 e. The van der Waals surface area contributed by atoms with Gasteiger partial charge in [0, 0.05) is 37.4 Å². The Bertz CT molecular complexity index is 1510. The maximum absolute atomic E-state index is 13.9. The second kappa shape index (κ2) is 9.42. The molecule has 0 saturated carbocycles. The Kier molecular flexibility index (Phi) is 6.01. The topological polar surface area (TPSA) is 73.4 Å². The van der Waals surface area contributed by atoms with Crippen LogP contribution in [0.1, 0.15) is 39.0 Å². The molecule has 0 spiro atoms. The van der Waals surface area contributed by atoms with Crippen molar-refractivity contribution in [3.63, 3.8) is 0 Å². The summed E-state index contributed by atoms with van der Waals surface area (Å²) < 4.78 is 23.6. The van der Waals surface area contributed by atoms with E-state index in [1.807, 2.05) is 42.9 Å². The number of aromatic nitrogens is 4. The Balaban J connectivity index is 1.33. The first-order valence-electron chi connectivity index (χ1n) is 11.2. The number of nitrogens with zero attached hydrogens (tertiary/aromatic N) is 4. The van der Waals surface area contributed by atoms with Crippen LogP contribution >= 0.6 is 0 Å². The molecule has 0 radical (unpaired) electrons. The number of amides is 1. The molecule has 3 aromatic heterocycles. The van der Waals surface area contributed by atoms with Crippen LogP contribution in [-0.2, 0) is 13.7 Å². The lowest BCUT2D eigenvalue weighted by Gasteiger charge is -2.19. The van der Waals surface area contributed by atoms with E-state index in [-0.39, 0.29) is 18.3 Å². The van der Waals surface area contributed by atoms with Gasteiger partial charge in [0.05, 0.1) is 5.69 Å². The second-order valence-electron chi connectivity index (χ2n) is 8.38. The fourth-order valence-corrected chi connectivity index (χ4v) is 3.96. The number of carbonyl (C=O) groups excluding carboxylic acids is 1. The third-order valence-electron chi connectivity index (χ3n) is 5.71. The van der Waals surface area contributed by atoms with E-state index in [0.717, 1.165) is 16.9 Å². The first-order chi connectivity index (χ1) is 17.0. The molecule has 0 bridgehead atoms. The van der Waals surface area contributed by atoms with Gasteiger partial charge in [-0.2, -0.15) is 0 Å². The highest BCUT2D eigenvalue weighted by atomic mass is 19.1. The molecular formula is C27H24FN5O2. The summed E-state index contributed by atoms with van der Waals surface area (Å²) in [5, 5.41) is 2.98. The van der Waals surface area contributed by atoms with Crippen LogP contribution in [-0.4, -0.2) is 24.8 Å². The van der Waals surface area contributed by atoms with Crippen LogP contribution < -0.4 is 10.1 Å². The van der Waals surface area contributed by atoms with Crippen molar-refractivity contribution in [1.82, 2.24) is 24.3 Å². The smallest absolute Gasteiger partial charge is 0.252 e. The molecular weight excluding hydrogens is 445 g/mol. The van der Waals surface area contributed by atoms with Crippen LogP contribution in [0.15, 0.2) is 85.5 Å². The minimum atomic E-state index is -0.621. The van der Waals surface area contributed by atoms with Crippen molar-refractivity contribution in [1.29, 1.82) is 0 Å². The summed E-state index contributed by atoms with van der Waals surface area (Å²) in [5.74, 6) is 0.438. The zero-order chi connectivity index (χ0) is 24.4. The van der Waals surface area contributed by atoms with Crippen LogP contribution in [0.5, 0.6) is 5.75 Å². The molecule has 0 aliphatic heterocycles. The SMILES string of the molecule is Cc1ccc2nc(COc3cccc(C(=O)NC(c4cccc(F)c4)c4nccn4C)c3)cn2c1. The van der Waals surface area contributed by atoms with Crippen LogP contribution in [0.3, 0.4) is 0 Å². The highest BCUT2D eigenvalue weighted by Crippen LogP contribution is 2.23. The summed E-state index contributed by atoms with van der Waals surface area (Å²) in [6.07, 6.45) is 7.36. The molecule has 0 aliphatic rings. The summed E-state index contributed by atoms with van der Waals surface area (Å²) in [4.78, 5) is 22.1. The quantitative estimate of drug-likeness (QED) is 0.378. The Labute approximate surface area is 201 Å². The van der Waals surface area contributed by atoms with E-state index in [9.17, 15) is 9.18 Å². The van der Waals surface area contributed by atoms with Gasteiger partial charge >= 0.3 is 0 Å². The van der Waals surface area contributed by atoms with Gasteiger partial charge in [-0.25, -0.2) is 14.4 Å². The molecule has 5 rings (SSSR count). The number of carbonyl (C=O) groups is 1. The lowest BCUT2D eigenvalue weighted by atomic mass is 10.0. The van der Waals surface area contributed by atoms with E-state index in [4.69, 9.17) is 4.74 Å². The minimum absolute atomic E-state index is 0.269. The molecule has 176 valence electrons. The van der Waals surface area contributed by atoms with E-state index < -0.39 is 6.04 Å². The average molecular weight is 470 g/mol. The largest absolute Gasteiger partial charge is 0.487 e. The fraction of sp³-hybridized carbons (Fsp3) is 0.148. The molecule has 0 saturated heterocycles. The number of hydrogen-bond donors (Lipinski definition) is 1. The zero-order valence-corrected chi connectivity index (χ0v) is 19.4. The van der Waals surface area contributed by atoms with Gasteiger partial charge in [-0.1, -0.05) is 24.3 Å². The van der Waals surface area contributed by atoms with Crippen molar-refractivity contribution in [3.8, 4) is 5.75 Å². The second-order valence-corrected chi connectivity index (χ2v) is 8.38. The van der Waals surface area contributed by atoms with Gasteiger partial charge < -0.3 is 19.0 Å². The Morgan fingerprint density at radius 3 is 2.77 bits per heavy atom. The molecule has 0 fully saturated rings. The Morgan fingerprint density at radius 2 is 1.97 bits per heavy atom. The molecule has 35 heavy (non-hydrogen) atoms. The van der Waals surface area contributed by atoms with E-state index >= 15 is 0 Å². The van der Waals surface area contributed by atoms with Gasteiger partial charge in [0.15, 0.2) is 0 Å². The van der Waals surface area contributed by atoms with Crippen molar-refractivity contribution in [3.05, 3.63) is 119 Å². The monoisotopic (exact) mass is 469 g/mol. The molecule has 8 heteroatoms. The Hall–Kier alpha value is -4.46. The Morgan fingerprint density at radius 1 is 1.11 bits per heavy atom. The number of rotatable bonds is 7. The maximum atomic E-state index is 13.9. The number of ether oxygens (including phenoxy) is 1. The molecule has 2 aromatic carbocycles. The van der Waals surface area contributed by atoms with Gasteiger partial charge in [0.25, 0.3) is 5.91 Å². The summed E-state index contributed by atoms with van der Waals surface area (Å²) in [6.45, 7) is 2.30. The van der Waals surface area contributed by atoms with E-state index in [2.05, 4.69) is 15.3 Å². The van der Waals surface area contributed by atoms with Crippen molar-refractivity contribution < 1.29 is 13.9 Å². The number of nitrogens with one attached hydrogen (secondary N) is 1. The lowest BCUT2D eigenvalue weighted by Crippen LogP contribution is -2.31. The fourth-order valence-electron chi connectivity index (χ4n) is 3.96. The summed E-state index contributed by atoms with van der Waals surface area (Å²) in [5.41, 5.74) is 3.79. The number of hydrogen-bond acceptors (Lipinski definition) is 4. The highest BCUT2D eigenvalue weighted by Gasteiger charge is 2.22. The van der Waals surface area contributed by atoms with Gasteiger partial charge in [0.2, 0.25) is 0 Å². The van der Waals surface area contributed by atoms with E-state index in [0.29, 0.717) is 22.7 Å². The maximum Gasteiger partial charge on any atom is 0.252 e. The number of fused-ring (bicyclic) bond motifs is 1. The van der Waals surface area contributed by atoms with Gasteiger partial charge in [-0.15, -0.1) is 0 Å². The van der Waals surface area contributed by atoms with E-state index in [1.165, 1.54) is 12.1 Å². The molecule has 3 heterocycles. The van der Waals surface area contributed by atoms with Crippen LogP contribution in [0.25, 0.3) is 5.65 Å². The first-order valence-corrected chi connectivity index (χ1v) is 11.2. The molecule has 0 aliphatic carbocycles. The van der Waals surface area contributed by atoms with Gasteiger partial charge in [-0.05, 0) is 54.4 Å².